The van der Waals surface area contributed by atoms with E-state index in [1.807, 2.05) is 50.6 Å². The van der Waals surface area contributed by atoms with E-state index in [1.54, 1.807) is 0 Å². The molecule has 0 atom stereocenters. The molecule has 0 bridgehead atoms. The zero-order valence-electron chi connectivity index (χ0n) is 15.8. The number of nitrogens with one attached hydrogen (secondary N) is 2. The molecule has 0 saturated carbocycles. The Bertz CT molecular complexity index is 912. The molecule has 1 aliphatic rings. The van der Waals surface area contributed by atoms with E-state index in [9.17, 15) is 4.79 Å². The molecule has 2 aromatic rings. The quantitative estimate of drug-likeness (QED) is 0.679. The summed E-state index contributed by atoms with van der Waals surface area (Å²) in [5, 5.41) is 9.96. The van der Waals surface area contributed by atoms with Crippen molar-refractivity contribution in [2.45, 2.75) is 38.2 Å². The number of H-pyrrole nitrogens is 1. The molecule has 3 rings (SSSR count). The van der Waals surface area contributed by atoms with Crippen LogP contribution in [0.5, 0.6) is 0 Å². The molecule has 1 saturated heterocycles. The summed E-state index contributed by atoms with van der Waals surface area (Å²) in [6, 6.07) is 5.85. The Labute approximate surface area is 171 Å². The monoisotopic (exact) mass is 454 g/mol. The summed E-state index contributed by atoms with van der Waals surface area (Å²) in [4.78, 5) is 12.1. The van der Waals surface area contributed by atoms with E-state index >= 15 is 0 Å². The van der Waals surface area contributed by atoms with Gasteiger partial charge in [0.1, 0.15) is 11.4 Å². The van der Waals surface area contributed by atoms with Gasteiger partial charge in [0, 0.05) is 29.0 Å². The molecule has 1 aliphatic heterocycles. The molecule has 1 amide bonds. The SMILES string of the molecule is Cn1c(CC2(c3cc(Br)cc(NC(=O)OC(C)(C)C)c3)COC2)n[nH]c1=S. The molecular formula is C18H23BrN4O3S. The van der Waals surface area contributed by atoms with Crippen molar-refractivity contribution in [3.8, 4) is 0 Å². The Morgan fingerprint density at radius 1 is 1.44 bits per heavy atom. The number of benzene rings is 1. The maximum atomic E-state index is 12.1. The molecule has 2 heterocycles. The van der Waals surface area contributed by atoms with Crippen LogP contribution in [0.1, 0.15) is 32.2 Å². The molecule has 0 aliphatic carbocycles. The van der Waals surface area contributed by atoms with E-state index in [4.69, 9.17) is 21.7 Å². The highest BCUT2D eigenvalue weighted by atomic mass is 79.9. The lowest BCUT2D eigenvalue weighted by atomic mass is 9.75. The van der Waals surface area contributed by atoms with Crippen LogP contribution in [0.25, 0.3) is 0 Å². The number of anilines is 1. The summed E-state index contributed by atoms with van der Waals surface area (Å²) in [6.45, 7) is 6.65. The van der Waals surface area contributed by atoms with Gasteiger partial charge in [-0.25, -0.2) is 4.79 Å². The van der Waals surface area contributed by atoms with Crippen molar-refractivity contribution in [1.29, 1.82) is 0 Å². The normalized spacial score (nSPS) is 15.9. The van der Waals surface area contributed by atoms with Crippen LogP contribution in [0.15, 0.2) is 22.7 Å². The minimum atomic E-state index is -0.557. The van der Waals surface area contributed by atoms with Gasteiger partial charge in [-0.15, -0.1) is 0 Å². The Morgan fingerprint density at radius 3 is 2.67 bits per heavy atom. The Hall–Kier alpha value is -1.71. The van der Waals surface area contributed by atoms with Gasteiger partial charge in [0.2, 0.25) is 0 Å². The van der Waals surface area contributed by atoms with Crippen LogP contribution in [0.2, 0.25) is 0 Å². The molecule has 1 aromatic heterocycles. The van der Waals surface area contributed by atoms with Crippen molar-refractivity contribution in [2.24, 2.45) is 7.05 Å². The van der Waals surface area contributed by atoms with E-state index in [0.29, 0.717) is 30.1 Å². The van der Waals surface area contributed by atoms with Gasteiger partial charge in [-0.2, -0.15) is 5.10 Å². The van der Waals surface area contributed by atoms with Crippen LogP contribution < -0.4 is 5.32 Å². The topological polar surface area (TPSA) is 81.2 Å². The first kappa shape index (κ1) is 20.0. The summed E-state index contributed by atoms with van der Waals surface area (Å²) < 4.78 is 14.2. The fourth-order valence-electron chi connectivity index (χ4n) is 2.95. The second-order valence-electron chi connectivity index (χ2n) is 7.81. The average Bonchev–Trinajstić information content (AvgIpc) is 2.79. The van der Waals surface area contributed by atoms with E-state index in [1.165, 1.54) is 0 Å². The van der Waals surface area contributed by atoms with Crippen molar-refractivity contribution in [2.75, 3.05) is 18.5 Å². The fraction of sp³-hybridized carbons (Fsp3) is 0.500. The Balaban J connectivity index is 1.86. The maximum absolute atomic E-state index is 12.1. The van der Waals surface area contributed by atoms with Gasteiger partial charge in [-0.3, -0.25) is 10.4 Å². The fourth-order valence-corrected chi connectivity index (χ4v) is 3.59. The van der Waals surface area contributed by atoms with Crippen molar-refractivity contribution >= 4 is 39.9 Å². The number of amides is 1. The second-order valence-corrected chi connectivity index (χ2v) is 9.11. The van der Waals surface area contributed by atoms with Crippen LogP contribution in [-0.2, 0) is 28.4 Å². The molecule has 1 fully saturated rings. The number of nitrogens with zero attached hydrogens (tertiary/aromatic N) is 2. The van der Waals surface area contributed by atoms with E-state index < -0.39 is 11.7 Å². The number of aromatic nitrogens is 3. The minimum absolute atomic E-state index is 0.219. The summed E-state index contributed by atoms with van der Waals surface area (Å²) in [5.74, 6) is 0.866. The number of carbonyl (C=O) groups excluding carboxylic acids is 1. The van der Waals surface area contributed by atoms with Gasteiger partial charge < -0.3 is 14.0 Å². The van der Waals surface area contributed by atoms with E-state index in [-0.39, 0.29) is 5.41 Å². The highest BCUT2D eigenvalue weighted by Gasteiger charge is 2.42. The van der Waals surface area contributed by atoms with Crippen molar-refractivity contribution in [3.05, 3.63) is 38.8 Å². The standard InChI is InChI=1S/C18H23BrN4O3S/c1-17(2,3)26-16(24)20-13-6-11(5-12(19)7-13)18(9-25-10-18)8-14-21-22-15(27)23(14)4/h5-7H,8-10H2,1-4H3,(H,20,24)(H,22,27). The summed E-state index contributed by atoms with van der Waals surface area (Å²) in [5.41, 5.74) is 0.944. The summed E-state index contributed by atoms with van der Waals surface area (Å²) in [7, 11) is 1.89. The molecule has 0 unspecified atom stereocenters. The molecule has 0 spiro atoms. The van der Waals surface area contributed by atoms with Gasteiger partial charge in [-0.05, 0) is 56.8 Å². The lowest BCUT2D eigenvalue weighted by Gasteiger charge is -2.42. The number of aromatic amines is 1. The highest BCUT2D eigenvalue weighted by molar-refractivity contribution is 9.10. The predicted molar refractivity (Wildman–Crippen MR) is 109 cm³/mol. The minimum Gasteiger partial charge on any atom is -0.444 e. The van der Waals surface area contributed by atoms with Crippen LogP contribution >= 0.6 is 28.1 Å². The molecule has 146 valence electrons. The Kier molecular flexibility index (Phi) is 5.47. The van der Waals surface area contributed by atoms with Gasteiger partial charge in [0.15, 0.2) is 4.77 Å². The molecular weight excluding hydrogens is 432 g/mol. The van der Waals surface area contributed by atoms with Crippen LogP contribution in [0.4, 0.5) is 10.5 Å². The van der Waals surface area contributed by atoms with E-state index in [2.05, 4.69) is 31.4 Å². The van der Waals surface area contributed by atoms with Crippen molar-refractivity contribution in [3.63, 3.8) is 0 Å². The molecule has 27 heavy (non-hydrogen) atoms. The number of carbonyl (C=O) groups is 1. The highest BCUT2D eigenvalue weighted by Crippen LogP contribution is 2.38. The first-order chi connectivity index (χ1) is 12.6. The van der Waals surface area contributed by atoms with Crippen molar-refractivity contribution in [1.82, 2.24) is 14.8 Å². The number of hydrogen-bond acceptors (Lipinski definition) is 5. The molecule has 2 N–H and O–H groups in total. The van der Waals surface area contributed by atoms with Crippen LogP contribution in [0, 0.1) is 4.77 Å². The molecule has 9 heteroatoms. The zero-order valence-corrected chi connectivity index (χ0v) is 18.2. The lowest BCUT2D eigenvalue weighted by molar-refractivity contribution is -0.0611. The zero-order chi connectivity index (χ0) is 19.8. The van der Waals surface area contributed by atoms with Gasteiger partial charge in [0.25, 0.3) is 0 Å². The maximum Gasteiger partial charge on any atom is 0.412 e. The van der Waals surface area contributed by atoms with Gasteiger partial charge in [-0.1, -0.05) is 15.9 Å². The number of rotatable bonds is 4. The second kappa shape index (κ2) is 7.37. The number of halogens is 1. The summed E-state index contributed by atoms with van der Waals surface area (Å²) >= 11 is 8.75. The first-order valence-corrected chi connectivity index (χ1v) is 9.77. The first-order valence-electron chi connectivity index (χ1n) is 8.57. The van der Waals surface area contributed by atoms with Gasteiger partial charge >= 0.3 is 6.09 Å². The third-order valence-electron chi connectivity index (χ3n) is 4.38. The predicted octanol–water partition coefficient (Wildman–Crippen LogP) is 4.10. The van der Waals surface area contributed by atoms with E-state index in [0.717, 1.165) is 15.9 Å². The third kappa shape index (κ3) is 4.59. The smallest absolute Gasteiger partial charge is 0.412 e. The molecule has 7 nitrogen and oxygen atoms in total. The third-order valence-corrected chi connectivity index (χ3v) is 5.20. The largest absolute Gasteiger partial charge is 0.444 e. The lowest BCUT2D eigenvalue weighted by Crippen LogP contribution is -2.49. The Morgan fingerprint density at radius 2 is 2.15 bits per heavy atom. The summed E-state index contributed by atoms with van der Waals surface area (Å²) in [6.07, 6.45) is 0.193. The van der Waals surface area contributed by atoms with Gasteiger partial charge in [0.05, 0.1) is 13.2 Å². The average molecular weight is 455 g/mol. The number of ether oxygens (including phenoxy) is 2. The van der Waals surface area contributed by atoms with Crippen LogP contribution in [0.3, 0.4) is 0 Å². The van der Waals surface area contributed by atoms with Crippen LogP contribution in [-0.4, -0.2) is 39.7 Å². The number of hydrogen-bond donors (Lipinski definition) is 2. The molecule has 1 aromatic carbocycles. The van der Waals surface area contributed by atoms with Crippen molar-refractivity contribution < 1.29 is 14.3 Å². The molecule has 0 radical (unpaired) electrons.